The second-order valence-electron chi connectivity index (χ2n) is 11.9. The van der Waals surface area contributed by atoms with Crippen LogP contribution in [0.2, 0.25) is 0 Å². The number of carbonyl (C=O) groups excluding carboxylic acids is 3. The molecule has 12 nitrogen and oxygen atoms in total. The minimum absolute atomic E-state index is 0.0324. The number of rotatable bonds is 11. The Balaban J connectivity index is 1.48. The molecule has 0 saturated carbocycles. The number of carboxylic acid groups (broad SMARTS) is 2. The number of likely N-dealkylation sites (N-methyl/N-ethyl adjacent to an activating group) is 1. The number of carbonyl (C=O) groups is 5. The average Bonchev–Trinajstić information content (AvgIpc) is 3.15. The van der Waals surface area contributed by atoms with E-state index in [1.807, 2.05) is 4.90 Å². The Kier molecular flexibility index (Phi) is 9.59. The van der Waals surface area contributed by atoms with Gasteiger partial charge < -0.3 is 34.8 Å². The molecule has 242 valence electrons. The first kappa shape index (κ1) is 33.5. The van der Waals surface area contributed by atoms with E-state index in [0.29, 0.717) is 37.2 Å². The largest absolute Gasteiger partial charge is 0.481 e. The van der Waals surface area contributed by atoms with Gasteiger partial charge in [0.25, 0.3) is 0 Å². The number of ether oxygens (including phenoxy) is 1. The fourth-order valence-electron chi connectivity index (χ4n) is 6.14. The highest BCUT2D eigenvalue weighted by atomic mass is 19.1. The summed E-state index contributed by atoms with van der Waals surface area (Å²) in [5, 5.41) is 28.2. The molecule has 2 aliphatic heterocycles. The van der Waals surface area contributed by atoms with Gasteiger partial charge in [-0.15, -0.1) is 0 Å². The van der Waals surface area contributed by atoms with E-state index in [9.17, 15) is 43.0 Å². The van der Waals surface area contributed by atoms with Crippen LogP contribution in [-0.2, 0) is 35.8 Å². The molecular formula is C31H35F2N3O9. The summed E-state index contributed by atoms with van der Waals surface area (Å²) >= 11 is 0. The Hall–Kier alpha value is -4.43. The summed E-state index contributed by atoms with van der Waals surface area (Å²) in [6.45, 7) is 1.07. The monoisotopic (exact) mass is 631 g/mol. The molecule has 2 aromatic carbocycles. The van der Waals surface area contributed by atoms with Gasteiger partial charge in [0, 0.05) is 33.4 Å². The molecule has 1 saturated heterocycles. The summed E-state index contributed by atoms with van der Waals surface area (Å²) in [5.74, 6) is -7.26. The van der Waals surface area contributed by atoms with E-state index < -0.39 is 59.3 Å². The average molecular weight is 632 g/mol. The molecule has 2 amide bonds. The summed E-state index contributed by atoms with van der Waals surface area (Å²) in [7, 11) is 4.79. The van der Waals surface area contributed by atoms with Gasteiger partial charge in [-0.3, -0.25) is 19.2 Å². The van der Waals surface area contributed by atoms with Crippen LogP contribution in [0.15, 0.2) is 36.4 Å². The lowest BCUT2D eigenvalue weighted by atomic mass is 9.73. The van der Waals surface area contributed by atoms with E-state index in [0.717, 1.165) is 12.1 Å². The van der Waals surface area contributed by atoms with Gasteiger partial charge in [-0.25, -0.2) is 13.6 Å². The Morgan fingerprint density at radius 1 is 1.04 bits per heavy atom. The van der Waals surface area contributed by atoms with Crippen molar-refractivity contribution in [1.82, 2.24) is 9.80 Å². The molecular weight excluding hydrogens is 596 g/mol. The maximum Gasteiger partial charge on any atom is 0.336 e. The molecule has 1 spiro atoms. The number of hydrogen-bond donors (Lipinski definition) is 3. The van der Waals surface area contributed by atoms with Gasteiger partial charge in [0.2, 0.25) is 11.8 Å². The number of likely N-dealkylation sites (tertiary alicyclic amines) is 1. The second kappa shape index (κ2) is 12.9. The fourth-order valence-corrected chi connectivity index (χ4v) is 6.14. The number of benzene rings is 2. The number of amides is 2. The van der Waals surface area contributed by atoms with Crippen molar-refractivity contribution in [3.8, 4) is 5.75 Å². The summed E-state index contributed by atoms with van der Waals surface area (Å²) in [6, 6.07) is 7.62. The highest BCUT2D eigenvalue weighted by molar-refractivity contribution is 6.07. The van der Waals surface area contributed by atoms with Gasteiger partial charge in [-0.2, -0.15) is 0 Å². The highest BCUT2D eigenvalue weighted by Gasteiger charge is 2.51. The number of halogens is 2. The molecule has 2 aliphatic rings. The number of carboxylic acids is 2. The van der Waals surface area contributed by atoms with Crippen LogP contribution in [0, 0.1) is 17.6 Å². The SMILES string of the molecule is CN(C)C(=O)C(Cc1cc(OC(=O)CC(O)(CC(=O)O)C(=O)O)ccc1F)CN1CCC2(CC1)C(=O)N(C)c1ccc(F)cc12. The van der Waals surface area contributed by atoms with Gasteiger partial charge >= 0.3 is 17.9 Å². The smallest absolute Gasteiger partial charge is 0.336 e. The quantitative estimate of drug-likeness (QED) is 0.246. The molecule has 0 bridgehead atoms. The van der Waals surface area contributed by atoms with Crippen molar-refractivity contribution in [2.45, 2.75) is 43.1 Å². The lowest BCUT2D eigenvalue weighted by Gasteiger charge is -2.39. The first-order valence-electron chi connectivity index (χ1n) is 14.2. The predicted octanol–water partition coefficient (Wildman–Crippen LogP) is 1.81. The molecule has 14 heteroatoms. The van der Waals surface area contributed by atoms with Crippen LogP contribution in [0.3, 0.4) is 0 Å². The maximum atomic E-state index is 14.9. The molecule has 0 aromatic heterocycles. The van der Waals surface area contributed by atoms with Crippen molar-refractivity contribution in [2.75, 3.05) is 45.7 Å². The third-order valence-corrected chi connectivity index (χ3v) is 8.52. The summed E-state index contributed by atoms with van der Waals surface area (Å²) in [4.78, 5) is 66.1. The van der Waals surface area contributed by atoms with Crippen LogP contribution >= 0.6 is 0 Å². The first-order valence-corrected chi connectivity index (χ1v) is 14.2. The molecule has 2 heterocycles. The zero-order valence-corrected chi connectivity index (χ0v) is 25.1. The van der Waals surface area contributed by atoms with Gasteiger partial charge in [0.1, 0.15) is 17.4 Å². The van der Waals surface area contributed by atoms with Crippen LogP contribution in [0.4, 0.5) is 14.5 Å². The number of piperidine rings is 1. The molecule has 2 unspecified atom stereocenters. The summed E-state index contributed by atoms with van der Waals surface area (Å²) < 4.78 is 34.2. The molecule has 0 aliphatic carbocycles. The van der Waals surface area contributed by atoms with Crippen LogP contribution in [0.25, 0.3) is 0 Å². The standard InChI is InChI=1S/C31H35F2N3O9/c1-34(2)27(40)19(17-36-10-8-30(9-11-36)22-14-20(32)4-7-24(22)35(3)28(30)41)12-18-13-21(5-6-23(18)33)45-26(39)16-31(44,29(42)43)15-25(37)38/h4-7,13-14,19,44H,8-12,15-17H2,1-3H3,(H,37,38)(H,42,43). The molecule has 45 heavy (non-hydrogen) atoms. The van der Waals surface area contributed by atoms with Crippen molar-refractivity contribution < 1.29 is 52.8 Å². The van der Waals surface area contributed by atoms with E-state index in [-0.39, 0.29) is 36.1 Å². The molecule has 4 rings (SSSR count). The molecule has 2 aromatic rings. The van der Waals surface area contributed by atoms with Crippen molar-refractivity contribution in [2.24, 2.45) is 5.92 Å². The Labute approximate surface area is 257 Å². The second-order valence-corrected chi connectivity index (χ2v) is 11.9. The van der Waals surface area contributed by atoms with E-state index in [2.05, 4.69) is 0 Å². The van der Waals surface area contributed by atoms with Gasteiger partial charge in [0.15, 0.2) is 5.60 Å². The van der Waals surface area contributed by atoms with Gasteiger partial charge in [0.05, 0.1) is 24.2 Å². The van der Waals surface area contributed by atoms with Crippen LogP contribution in [-0.4, -0.2) is 101 Å². The Bertz CT molecular complexity index is 1520. The van der Waals surface area contributed by atoms with Crippen molar-refractivity contribution in [1.29, 1.82) is 0 Å². The Morgan fingerprint density at radius 2 is 1.71 bits per heavy atom. The van der Waals surface area contributed by atoms with Crippen LogP contribution in [0.1, 0.15) is 36.8 Å². The van der Waals surface area contributed by atoms with E-state index in [1.165, 1.54) is 23.1 Å². The van der Waals surface area contributed by atoms with Crippen LogP contribution < -0.4 is 9.64 Å². The van der Waals surface area contributed by atoms with E-state index in [4.69, 9.17) is 9.84 Å². The van der Waals surface area contributed by atoms with Crippen molar-refractivity contribution in [3.05, 3.63) is 59.2 Å². The topological polar surface area (TPSA) is 165 Å². The minimum atomic E-state index is -2.91. The van der Waals surface area contributed by atoms with Crippen molar-refractivity contribution in [3.63, 3.8) is 0 Å². The zero-order chi connectivity index (χ0) is 33.3. The van der Waals surface area contributed by atoms with Gasteiger partial charge in [-0.05, 0) is 79.9 Å². The lowest BCUT2D eigenvalue weighted by molar-refractivity contribution is -0.169. The maximum absolute atomic E-state index is 14.9. The summed E-state index contributed by atoms with van der Waals surface area (Å²) in [6.07, 6.45) is -1.70. The Morgan fingerprint density at radius 3 is 2.31 bits per heavy atom. The molecule has 2 atom stereocenters. The van der Waals surface area contributed by atoms with E-state index in [1.54, 1.807) is 32.1 Å². The number of nitrogens with zero attached hydrogens (tertiary/aromatic N) is 3. The molecule has 0 radical (unpaired) electrons. The van der Waals surface area contributed by atoms with Gasteiger partial charge in [-0.1, -0.05) is 0 Å². The minimum Gasteiger partial charge on any atom is -0.481 e. The third kappa shape index (κ3) is 6.96. The lowest BCUT2D eigenvalue weighted by Crippen LogP contribution is -2.50. The van der Waals surface area contributed by atoms with Crippen LogP contribution in [0.5, 0.6) is 5.75 Å². The fraction of sp³-hybridized carbons (Fsp3) is 0.452. The van der Waals surface area contributed by atoms with E-state index >= 15 is 0 Å². The number of hydrogen-bond acceptors (Lipinski definition) is 8. The molecule has 3 N–H and O–H groups in total. The number of aliphatic hydroxyl groups is 1. The number of aliphatic carboxylic acids is 2. The molecule has 1 fully saturated rings. The summed E-state index contributed by atoms with van der Waals surface area (Å²) in [5.41, 5.74) is -2.43. The third-order valence-electron chi connectivity index (χ3n) is 8.52. The predicted molar refractivity (Wildman–Crippen MR) is 155 cm³/mol. The number of fused-ring (bicyclic) bond motifs is 2. The highest BCUT2D eigenvalue weighted by Crippen LogP contribution is 2.47. The van der Waals surface area contributed by atoms with Crippen molar-refractivity contribution >= 4 is 35.4 Å². The number of esters is 1. The first-order chi connectivity index (χ1) is 21.1. The zero-order valence-electron chi connectivity index (χ0n) is 25.1. The number of anilines is 1. The normalized spacial score (nSPS) is 17.8.